The lowest BCUT2D eigenvalue weighted by Gasteiger charge is -2.13. The molecule has 4 heterocycles. The predicted molar refractivity (Wildman–Crippen MR) is 121 cm³/mol. The van der Waals surface area contributed by atoms with Crippen molar-refractivity contribution in [3.63, 3.8) is 0 Å². The second kappa shape index (κ2) is 7.91. The van der Waals surface area contributed by atoms with Crippen LogP contribution in [0.4, 0.5) is 10.2 Å². The maximum atomic E-state index is 13.8. The van der Waals surface area contributed by atoms with E-state index in [-0.39, 0.29) is 5.92 Å². The highest BCUT2D eigenvalue weighted by atomic mass is 19.1. The van der Waals surface area contributed by atoms with Gasteiger partial charge in [-0.25, -0.2) is 14.4 Å². The molecule has 156 valence electrons. The van der Waals surface area contributed by atoms with Crippen LogP contribution < -0.4 is 5.32 Å². The largest absolute Gasteiger partial charge is 0.369 e. The summed E-state index contributed by atoms with van der Waals surface area (Å²) in [5.41, 5.74) is 5.74. The molecule has 1 aliphatic rings. The van der Waals surface area contributed by atoms with Crippen molar-refractivity contribution in [3.05, 3.63) is 71.6 Å². The van der Waals surface area contributed by atoms with E-state index in [1.165, 1.54) is 23.2 Å². The summed E-state index contributed by atoms with van der Waals surface area (Å²) in [6, 6.07) is 9.69. The Balaban J connectivity index is 1.45. The number of anilines is 1. The Morgan fingerprint density at radius 2 is 2.03 bits per heavy atom. The lowest BCUT2D eigenvalue weighted by Crippen LogP contribution is -2.14. The van der Waals surface area contributed by atoms with Crippen molar-refractivity contribution >= 4 is 22.4 Å². The van der Waals surface area contributed by atoms with E-state index in [0.717, 1.165) is 34.7 Å². The Morgan fingerprint density at radius 3 is 2.87 bits per heavy atom. The fraction of sp³-hybridized carbons (Fsp3) is 0.250. The average molecular weight is 414 g/mol. The van der Waals surface area contributed by atoms with Gasteiger partial charge in [-0.05, 0) is 30.0 Å². The lowest BCUT2D eigenvalue weighted by molar-refractivity contribution is 0.622. The average Bonchev–Trinajstić information content (AvgIpc) is 3.38. The van der Waals surface area contributed by atoms with E-state index in [4.69, 9.17) is 15.0 Å². The molecule has 6 nitrogen and oxygen atoms in total. The minimum Gasteiger partial charge on any atom is -0.369 e. The second-order valence-electron chi connectivity index (χ2n) is 8.01. The maximum Gasteiger partial charge on any atom is 0.163 e. The number of aromatic amines is 1. The van der Waals surface area contributed by atoms with Crippen molar-refractivity contribution in [1.29, 1.82) is 0 Å². The Bertz CT molecular complexity index is 1290. The molecule has 1 aromatic carbocycles. The van der Waals surface area contributed by atoms with Crippen LogP contribution in [0, 0.1) is 11.7 Å². The number of hydrogen-bond acceptors (Lipinski definition) is 5. The molecule has 31 heavy (non-hydrogen) atoms. The summed E-state index contributed by atoms with van der Waals surface area (Å²) < 4.78 is 13.8. The summed E-state index contributed by atoms with van der Waals surface area (Å²) in [6.07, 6.45) is 5.66. The number of para-hydroxylation sites is 1. The SMILES string of the molecule is CC(C)C1=NCc2c(NCCc3c[nH]c4ccccc34)nc(-c3cncc(F)c3)nc21. The highest BCUT2D eigenvalue weighted by Crippen LogP contribution is 2.30. The molecular formula is C24H23FN6. The molecular weight excluding hydrogens is 391 g/mol. The molecule has 0 saturated carbocycles. The van der Waals surface area contributed by atoms with Gasteiger partial charge in [0, 0.05) is 41.0 Å². The van der Waals surface area contributed by atoms with Gasteiger partial charge in [-0.2, -0.15) is 0 Å². The first kappa shape index (κ1) is 19.4. The van der Waals surface area contributed by atoms with E-state index >= 15 is 0 Å². The fourth-order valence-electron chi connectivity index (χ4n) is 4.00. The molecule has 4 aromatic rings. The number of H-pyrrole nitrogens is 1. The van der Waals surface area contributed by atoms with Gasteiger partial charge in [0.05, 0.1) is 24.1 Å². The third-order valence-corrected chi connectivity index (χ3v) is 5.53. The Morgan fingerprint density at radius 1 is 1.16 bits per heavy atom. The molecule has 3 aromatic heterocycles. The molecule has 0 amide bonds. The van der Waals surface area contributed by atoms with E-state index in [1.807, 2.05) is 6.07 Å². The topological polar surface area (TPSA) is 78.9 Å². The van der Waals surface area contributed by atoms with Crippen LogP contribution in [0.25, 0.3) is 22.3 Å². The van der Waals surface area contributed by atoms with E-state index < -0.39 is 5.82 Å². The van der Waals surface area contributed by atoms with Crippen molar-refractivity contribution in [1.82, 2.24) is 19.9 Å². The van der Waals surface area contributed by atoms with E-state index in [2.05, 4.69) is 53.5 Å². The standard InChI is InChI=1S/C24H23FN6/c1-14(2)21-22-19(13-29-21)24(31-23(30-22)16-9-17(25)12-26-10-16)27-8-7-15-11-28-20-6-4-3-5-18(15)20/h3-6,9-12,14,28H,7-8,13H2,1-2H3,(H,27,30,31). The smallest absolute Gasteiger partial charge is 0.163 e. The summed E-state index contributed by atoms with van der Waals surface area (Å²) in [5.74, 6) is 1.04. The monoisotopic (exact) mass is 414 g/mol. The number of pyridine rings is 1. The van der Waals surface area contributed by atoms with Crippen LogP contribution in [0.3, 0.4) is 0 Å². The summed E-state index contributed by atoms with van der Waals surface area (Å²) >= 11 is 0. The molecule has 0 atom stereocenters. The highest BCUT2D eigenvalue weighted by molar-refractivity contribution is 6.04. The molecule has 0 spiro atoms. The first-order valence-corrected chi connectivity index (χ1v) is 10.5. The van der Waals surface area contributed by atoms with E-state index in [9.17, 15) is 4.39 Å². The molecule has 2 N–H and O–H groups in total. The number of hydrogen-bond donors (Lipinski definition) is 2. The molecule has 0 fully saturated rings. The normalized spacial score (nSPS) is 13.0. The second-order valence-corrected chi connectivity index (χ2v) is 8.01. The maximum absolute atomic E-state index is 13.8. The van der Waals surface area contributed by atoms with Crippen LogP contribution in [0.5, 0.6) is 0 Å². The minimum atomic E-state index is -0.409. The van der Waals surface area contributed by atoms with E-state index in [0.29, 0.717) is 24.5 Å². The summed E-state index contributed by atoms with van der Waals surface area (Å²) in [6.45, 7) is 5.47. The predicted octanol–water partition coefficient (Wildman–Crippen LogP) is 4.77. The van der Waals surface area contributed by atoms with Crippen LogP contribution >= 0.6 is 0 Å². The van der Waals surface area contributed by atoms with Gasteiger partial charge >= 0.3 is 0 Å². The number of fused-ring (bicyclic) bond motifs is 2. The van der Waals surface area contributed by atoms with Gasteiger partial charge in [-0.3, -0.25) is 9.98 Å². The van der Waals surface area contributed by atoms with Gasteiger partial charge in [0.2, 0.25) is 0 Å². The van der Waals surface area contributed by atoms with Gasteiger partial charge in [0.1, 0.15) is 11.6 Å². The number of rotatable bonds is 6. The quantitative estimate of drug-likeness (QED) is 0.476. The van der Waals surface area contributed by atoms with Gasteiger partial charge in [-0.1, -0.05) is 32.0 Å². The molecule has 0 radical (unpaired) electrons. The third-order valence-electron chi connectivity index (χ3n) is 5.53. The highest BCUT2D eigenvalue weighted by Gasteiger charge is 2.25. The first-order valence-electron chi connectivity index (χ1n) is 10.5. The van der Waals surface area contributed by atoms with Crippen LogP contribution in [0.2, 0.25) is 0 Å². The number of aromatic nitrogens is 4. The van der Waals surface area contributed by atoms with Gasteiger partial charge in [0.15, 0.2) is 5.82 Å². The number of halogens is 1. The van der Waals surface area contributed by atoms with Crippen LogP contribution in [-0.2, 0) is 13.0 Å². The van der Waals surface area contributed by atoms with Gasteiger partial charge in [0.25, 0.3) is 0 Å². The first-order chi connectivity index (χ1) is 15.1. The van der Waals surface area contributed by atoms with Gasteiger partial charge in [-0.15, -0.1) is 0 Å². The van der Waals surface area contributed by atoms with E-state index in [1.54, 1.807) is 6.20 Å². The van der Waals surface area contributed by atoms with Crippen molar-refractivity contribution in [2.24, 2.45) is 10.9 Å². The van der Waals surface area contributed by atoms with Crippen molar-refractivity contribution in [2.75, 3.05) is 11.9 Å². The Kier molecular flexibility index (Phi) is 4.94. The minimum absolute atomic E-state index is 0.244. The molecule has 1 aliphatic heterocycles. The number of aliphatic imine (C=N–C) groups is 1. The molecule has 7 heteroatoms. The number of nitrogens with zero attached hydrogens (tertiary/aromatic N) is 4. The molecule has 5 rings (SSSR count). The fourth-order valence-corrected chi connectivity index (χ4v) is 4.00. The summed E-state index contributed by atoms with van der Waals surface area (Å²) in [5, 5.41) is 4.71. The van der Waals surface area contributed by atoms with Crippen molar-refractivity contribution in [2.45, 2.75) is 26.8 Å². The number of benzene rings is 1. The zero-order valence-corrected chi connectivity index (χ0v) is 17.5. The van der Waals surface area contributed by atoms with Crippen LogP contribution in [0.1, 0.15) is 30.7 Å². The zero-order chi connectivity index (χ0) is 21.4. The molecule has 0 saturated heterocycles. The molecule has 0 aliphatic carbocycles. The zero-order valence-electron chi connectivity index (χ0n) is 17.5. The molecule has 0 bridgehead atoms. The van der Waals surface area contributed by atoms with Crippen LogP contribution in [-0.4, -0.2) is 32.2 Å². The van der Waals surface area contributed by atoms with Crippen LogP contribution in [0.15, 0.2) is 53.9 Å². The third kappa shape index (κ3) is 3.67. The van der Waals surface area contributed by atoms with Crippen molar-refractivity contribution < 1.29 is 4.39 Å². The molecule has 0 unspecified atom stereocenters. The lowest BCUT2D eigenvalue weighted by atomic mass is 10.0. The Labute approximate surface area is 179 Å². The van der Waals surface area contributed by atoms with Gasteiger partial charge < -0.3 is 10.3 Å². The summed E-state index contributed by atoms with van der Waals surface area (Å²) in [7, 11) is 0. The summed E-state index contributed by atoms with van der Waals surface area (Å²) in [4.78, 5) is 21.4. The number of nitrogens with one attached hydrogen (secondary N) is 2. The Hall–Kier alpha value is -3.61. The van der Waals surface area contributed by atoms with Crippen molar-refractivity contribution in [3.8, 4) is 11.4 Å².